The lowest BCUT2D eigenvalue weighted by molar-refractivity contribution is -0.140. The molecule has 0 radical (unpaired) electrons. The van der Waals surface area contributed by atoms with Gasteiger partial charge in [-0.1, -0.05) is 20.3 Å². The zero-order chi connectivity index (χ0) is 14.4. The minimum Gasteiger partial charge on any atom is -0.480 e. The lowest BCUT2D eigenvalue weighted by atomic mass is 9.99. The summed E-state index contributed by atoms with van der Waals surface area (Å²) in [5, 5.41) is 11.6. The molecule has 0 saturated carbocycles. The second-order valence-corrected chi connectivity index (χ2v) is 4.54. The number of carboxylic acids is 1. The molecule has 0 spiro atoms. The minimum atomic E-state index is -1.02. The number of amides is 2. The van der Waals surface area contributed by atoms with Crippen LogP contribution in [0.15, 0.2) is 12.4 Å². The van der Waals surface area contributed by atoms with E-state index in [0.717, 1.165) is 0 Å². The van der Waals surface area contributed by atoms with Crippen molar-refractivity contribution in [3.05, 3.63) is 18.2 Å². The number of nitrogens with one attached hydrogen (secondary N) is 2. The standard InChI is InChI=1S/C12H20N4O3/c1-4-8(2)10(11(17)18)15-12(19)16(3)7-9-13-5-6-14-9/h5-6,8,10H,4,7H2,1-3H3,(H,13,14)(H,15,19)(H,17,18)/t8?,10-/m0/s1. The van der Waals surface area contributed by atoms with Gasteiger partial charge in [-0.2, -0.15) is 0 Å². The van der Waals surface area contributed by atoms with Crippen molar-refractivity contribution in [1.29, 1.82) is 0 Å². The van der Waals surface area contributed by atoms with Crippen molar-refractivity contribution < 1.29 is 14.7 Å². The van der Waals surface area contributed by atoms with E-state index in [2.05, 4.69) is 15.3 Å². The molecule has 2 atom stereocenters. The van der Waals surface area contributed by atoms with Crippen molar-refractivity contribution in [1.82, 2.24) is 20.2 Å². The first-order valence-electron chi connectivity index (χ1n) is 6.18. The number of rotatable bonds is 6. The number of aromatic nitrogens is 2. The molecule has 1 heterocycles. The Kier molecular flexibility index (Phi) is 5.35. The minimum absolute atomic E-state index is 0.126. The number of carboxylic acid groups (broad SMARTS) is 1. The number of imidazole rings is 1. The molecule has 0 aliphatic rings. The van der Waals surface area contributed by atoms with E-state index >= 15 is 0 Å². The van der Waals surface area contributed by atoms with Crippen molar-refractivity contribution in [3.63, 3.8) is 0 Å². The van der Waals surface area contributed by atoms with Crippen LogP contribution in [0.5, 0.6) is 0 Å². The van der Waals surface area contributed by atoms with Crippen LogP contribution in [0.25, 0.3) is 0 Å². The Labute approximate surface area is 112 Å². The van der Waals surface area contributed by atoms with Crippen LogP contribution >= 0.6 is 0 Å². The van der Waals surface area contributed by atoms with Crippen molar-refractivity contribution in [2.24, 2.45) is 5.92 Å². The lowest BCUT2D eigenvalue weighted by Gasteiger charge is -2.24. The average molecular weight is 268 g/mol. The first-order chi connectivity index (χ1) is 8.95. The summed E-state index contributed by atoms with van der Waals surface area (Å²) >= 11 is 0. The summed E-state index contributed by atoms with van der Waals surface area (Å²) in [4.78, 5) is 31.3. The molecule has 0 aliphatic carbocycles. The lowest BCUT2D eigenvalue weighted by Crippen LogP contribution is -2.49. The molecule has 1 aromatic rings. The van der Waals surface area contributed by atoms with Gasteiger partial charge in [0.25, 0.3) is 0 Å². The Morgan fingerprint density at radius 2 is 2.26 bits per heavy atom. The molecule has 3 N–H and O–H groups in total. The Morgan fingerprint density at radius 3 is 2.74 bits per heavy atom. The molecule has 19 heavy (non-hydrogen) atoms. The topological polar surface area (TPSA) is 98.3 Å². The Hall–Kier alpha value is -2.05. The van der Waals surface area contributed by atoms with Gasteiger partial charge in [0.2, 0.25) is 0 Å². The molecule has 106 valence electrons. The number of hydrogen-bond acceptors (Lipinski definition) is 3. The van der Waals surface area contributed by atoms with Crippen LogP contribution in [0.3, 0.4) is 0 Å². The predicted octanol–water partition coefficient (Wildman–Crippen LogP) is 1.05. The number of hydrogen-bond donors (Lipinski definition) is 3. The molecule has 0 aliphatic heterocycles. The number of H-pyrrole nitrogens is 1. The predicted molar refractivity (Wildman–Crippen MR) is 69.5 cm³/mol. The smallest absolute Gasteiger partial charge is 0.326 e. The number of nitrogens with zero attached hydrogens (tertiary/aromatic N) is 2. The maximum Gasteiger partial charge on any atom is 0.326 e. The summed E-state index contributed by atoms with van der Waals surface area (Å²) in [5.41, 5.74) is 0. The highest BCUT2D eigenvalue weighted by atomic mass is 16.4. The fraction of sp³-hybridized carbons (Fsp3) is 0.583. The van der Waals surface area contributed by atoms with Gasteiger partial charge in [0.05, 0.1) is 6.54 Å². The monoisotopic (exact) mass is 268 g/mol. The van der Waals surface area contributed by atoms with E-state index in [0.29, 0.717) is 18.8 Å². The maximum atomic E-state index is 11.9. The van der Waals surface area contributed by atoms with Gasteiger partial charge in [0.1, 0.15) is 11.9 Å². The molecule has 1 unspecified atom stereocenters. The van der Waals surface area contributed by atoms with Crippen molar-refractivity contribution in [3.8, 4) is 0 Å². The van der Waals surface area contributed by atoms with Crippen LogP contribution in [0.4, 0.5) is 4.79 Å². The Morgan fingerprint density at radius 1 is 1.58 bits per heavy atom. The van der Waals surface area contributed by atoms with Crippen LogP contribution in [0.2, 0.25) is 0 Å². The zero-order valence-corrected chi connectivity index (χ0v) is 11.4. The maximum absolute atomic E-state index is 11.9. The molecule has 7 nitrogen and oxygen atoms in total. The summed E-state index contributed by atoms with van der Waals surface area (Å²) in [6.07, 6.45) is 3.94. The van der Waals surface area contributed by atoms with Crippen molar-refractivity contribution in [2.45, 2.75) is 32.9 Å². The summed E-state index contributed by atoms with van der Waals surface area (Å²) in [6, 6.07) is -1.30. The van der Waals surface area contributed by atoms with Crippen LogP contribution in [-0.2, 0) is 11.3 Å². The van der Waals surface area contributed by atoms with Crippen LogP contribution in [0.1, 0.15) is 26.1 Å². The number of aliphatic carboxylic acids is 1. The highest BCUT2D eigenvalue weighted by molar-refractivity contribution is 5.82. The molecule has 1 rings (SSSR count). The highest BCUT2D eigenvalue weighted by Gasteiger charge is 2.26. The van der Waals surface area contributed by atoms with E-state index in [9.17, 15) is 9.59 Å². The van der Waals surface area contributed by atoms with Gasteiger partial charge in [-0.3, -0.25) is 0 Å². The molecular weight excluding hydrogens is 248 g/mol. The molecule has 0 saturated heterocycles. The van der Waals surface area contributed by atoms with E-state index in [-0.39, 0.29) is 5.92 Å². The summed E-state index contributed by atoms with van der Waals surface area (Å²) in [6.45, 7) is 3.98. The molecule has 0 fully saturated rings. The number of aromatic amines is 1. The van der Waals surface area contributed by atoms with Gasteiger partial charge in [-0.25, -0.2) is 14.6 Å². The van der Waals surface area contributed by atoms with Crippen molar-refractivity contribution >= 4 is 12.0 Å². The molecule has 1 aromatic heterocycles. The highest BCUT2D eigenvalue weighted by Crippen LogP contribution is 2.08. The van der Waals surface area contributed by atoms with Crippen LogP contribution in [0, 0.1) is 5.92 Å². The SMILES string of the molecule is CCC(C)[C@H](NC(=O)N(C)Cc1ncc[nH]1)C(=O)O. The van der Waals surface area contributed by atoms with E-state index in [4.69, 9.17) is 5.11 Å². The first kappa shape index (κ1) is 15.0. The number of carbonyl (C=O) groups is 2. The summed E-state index contributed by atoms with van der Waals surface area (Å²) in [5.74, 6) is -0.499. The second kappa shape index (κ2) is 6.77. The molecule has 0 aromatic carbocycles. The van der Waals surface area contributed by atoms with Gasteiger partial charge in [-0.05, 0) is 5.92 Å². The van der Waals surface area contributed by atoms with E-state index < -0.39 is 18.0 Å². The Balaban J connectivity index is 2.58. The first-order valence-corrected chi connectivity index (χ1v) is 6.18. The van der Waals surface area contributed by atoms with Gasteiger partial charge in [0, 0.05) is 19.4 Å². The quantitative estimate of drug-likeness (QED) is 0.718. The average Bonchev–Trinajstić information content (AvgIpc) is 2.86. The zero-order valence-electron chi connectivity index (χ0n) is 11.4. The summed E-state index contributed by atoms with van der Waals surface area (Å²) < 4.78 is 0. The Bertz CT molecular complexity index is 419. The van der Waals surface area contributed by atoms with Gasteiger partial charge >= 0.3 is 12.0 Å². The van der Waals surface area contributed by atoms with Crippen molar-refractivity contribution in [2.75, 3.05) is 7.05 Å². The molecule has 7 heteroatoms. The van der Waals surface area contributed by atoms with Gasteiger partial charge in [0.15, 0.2) is 0 Å². The third kappa shape index (κ3) is 4.27. The largest absolute Gasteiger partial charge is 0.480 e. The van der Waals surface area contributed by atoms with E-state index in [1.54, 1.807) is 26.4 Å². The fourth-order valence-corrected chi connectivity index (χ4v) is 1.61. The summed E-state index contributed by atoms with van der Waals surface area (Å²) in [7, 11) is 1.59. The third-order valence-electron chi connectivity index (χ3n) is 3.05. The fourth-order valence-electron chi connectivity index (χ4n) is 1.61. The van der Waals surface area contributed by atoms with Crippen LogP contribution < -0.4 is 5.32 Å². The van der Waals surface area contributed by atoms with E-state index in [1.165, 1.54) is 4.90 Å². The molecule has 0 bridgehead atoms. The molecular formula is C12H20N4O3. The second-order valence-electron chi connectivity index (χ2n) is 4.54. The number of carbonyl (C=O) groups excluding carboxylic acids is 1. The third-order valence-corrected chi connectivity index (χ3v) is 3.05. The van der Waals surface area contributed by atoms with E-state index in [1.807, 2.05) is 6.92 Å². The normalized spacial score (nSPS) is 13.6. The number of urea groups is 1. The molecule has 2 amide bonds. The van der Waals surface area contributed by atoms with Crippen LogP contribution in [-0.4, -0.2) is 45.1 Å². The van der Waals surface area contributed by atoms with Gasteiger partial charge < -0.3 is 20.3 Å². The van der Waals surface area contributed by atoms with Gasteiger partial charge in [-0.15, -0.1) is 0 Å².